The number of carboxylic acids is 1. The number of fused-ring (bicyclic) bond motifs is 2. The molecule has 11 heteroatoms. The van der Waals surface area contributed by atoms with E-state index >= 15 is 0 Å². The topological polar surface area (TPSA) is 153 Å². The SMILES string of the molecule is COc1c(-c2cc3c(s2)CCC/C3=N/NC(=O)C(N)=O)ccc2c(=O)c(C(=O)O)cn(C3CC3)c12. The monoisotopic (exact) mass is 494 g/mol. The largest absolute Gasteiger partial charge is 0.494 e. The summed E-state index contributed by atoms with van der Waals surface area (Å²) in [6, 6.07) is 5.50. The molecule has 0 unspecified atom stereocenters. The molecule has 1 fully saturated rings. The van der Waals surface area contributed by atoms with Gasteiger partial charge in [-0.2, -0.15) is 5.10 Å². The van der Waals surface area contributed by atoms with Gasteiger partial charge in [-0.3, -0.25) is 14.4 Å². The average Bonchev–Trinajstić information content (AvgIpc) is 3.59. The van der Waals surface area contributed by atoms with Crippen molar-refractivity contribution in [3.05, 3.63) is 50.6 Å². The number of primary amides is 1. The number of aromatic carboxylic acids is 1. The number of ether oxygens (including phenoxy) is 1. The zero-order chi connectivity index (χ0) is 24.9. The third-order valence-corrected chi connectivity index (χ3v) is 7.47. The maximum absolute atomic E-state index is 12.9. The van der Waals surface area contributed by atoms with E-state index in [2.05, 4.69) is 10.5 Å². The lowest BCUT2D eigenvalue weighted by molar-refractivity contribution is -0.137. The summed E-state index contributed by atoms with van der Waals surface area (Å²) in [4.78, 5) is 49.1. The molecule has 0 bridgehead atoms. The van der Waals surface area contributed by atoms with Crippen molar-refractivity contribution in [3.63, 3.8) is 0 Å². The molecule has 0 radical (unpaired) electrons. The Labute approximate surface area is 203 Å². The fraction of sp³-hybridized carbons (Fsp3) is 0.292. The summed E-state index contributed by atoms with van der Waals surface area (Å²) < 4.78 is 7.66. The molecule has 5 rings (SSSR count). The van der Waals surface area contributed by atoms with Crippen molar-refractivity contribution in [2.45, 2.75) is 38.1 Å². The Hall–Kier alpha value is -3.99. The number of nitrogens with one attached hydrogen (secondary N) is 1. The molecular formula is C24H22N4O6S. The molecule has 0 spiro atoms. The molecule has 1 aromatic carbocycles. The quantitative estimate of drug-likeness (QED) is 0.366. The van der Waals surface area contributed by atoms with E-state index in [0.29, 0.717) is 28.8 Å². The lowest BCUT2D eigenvalue weighted by atomic mass is 9.96. The first-order chi connectivity index (χ1) is 16.8. The van der Waals surface area contributed by atoms with Crippen LogP contribution in [0.15, 0.2) is 34.3 Å². The molecular weight excluding hydrogens is 472 g/mol. The highest BCUT2D eigenvalue weighted by atomic mass is 32.1. The number of pyridine rings is 1. The Bertz CT molecular complexity index is 1500. The van der Waals surface area contributed by atoms with Gasteiger partial charge < -0.3 is 20.1 Å². The highest BCUT2D eigenvalue weighted by molar-refractivity contribution is 7.16. The van der Waals surface area contributed by atoms with Gasteiger partial charge in [0.25, 0.3) is 0 Å². The number of carbonyl (C=O) groups excluding carboxylic acids is 2. The number of aromatic nitrogens is 1. The van der Waals surface area contributed by atoms with Crippen molar-refractivity contribution < 1.29 is 24.2 Å². The Morgan fingerprint density at radius 2 is 2.00 bits per heavy atom. The fourth-order valence-electron chi connectivity index (χ4n) is 4.44. The number of nitrogens with two attached hydrogens (primary N) is 1. The van der Waals surface area contributed by atoms with Crippen LogP contribution in [0, 0.1) is 0 Å². The van der Waals surface area contributed by atoms with E-state index in [1.807, 2.05) is 10.6 Å². The van der Waals surface area contributed by atoms with E-state index < -0.39 is 23.2 Å². The molecule has 2 aliphatic rings. The smallest absolute Gasteiger partial charge is 0.341 e. The highest BCUT2D eigenvalue weighted by Crippen LogP contribution is 2.45. The van der Waals surface area contributed by atoms with Crippen LogP contribution < -0.4 is 21.3 Å². The van der Waals surface area contributed by atoms with Gasteiger partial charge in [0.15, 0.2) is 5.75 Å². The van der Waals surface area contributed by atoms with Crippen LogP contribution in [0.5, 0.6) is 5.75 Å². The predicted octanol–water partition coefficient (Wildman–Crippen LogP) is 2.41. The third-order valence-electron chi connectivity index (χ3n) is 6.24. The summed E-state index contributed by atoms with van der Waals surface area (Å²) in [6.07, 6.45) is 5.53. The molecule has 1 saturated carbocycles. The number of carbonyl (C=O) groups is 3. The number of thiophene rings is 1. The molecule has 2 heterocycles. The van der Waals surface area contributed by atoms with Crippen LogP contribution in [-0.4, -0.2) is 40.3 Å². The lowest BCUT2D eigenvalue weighted by Gasteiger charge is -2.17. The molecule has 2 amide bonds. The van der Waals surface area contributed by atoms with Crippen LogP contribution in [0.3, 0.4) is 0 Å². The number of amides is 2. The minimum atomic E-state index is -1.25. The normalized spacial score (nSPS) is 16.2. The van der Waals surface area contributed by atoms with E-state index in [-0.39, 0.29) is 11.6 Å². The number of methoxy groups -OCH3 is 1. The summed E-state index contributed by atoms with van der Waals surface area (Å²) in [5.41, 5.74) is 9.28. The molecule has 2 aliphatic carbocycles. The van der Waals surface area contributed by atoms with Gasteiger partial charge >= 0.3 is 17.8 Å². The molecule has 0 aliphatic heterocycles. The van der Waals surface area contributed by atoms with Crippen molar-refractivity contribution in [3.8, 4) is 16.2 Å². The van der Waals surface area contributed by atoms with Gasteiger partial charge in [0.05, 0.1) is 23.7 Å². The zero-order valence-corrected chi connectivity index (χ0v) is 19.6. The zero-order valence-electron chi connectivity index (χ0n) is 18.8. The molecule has 35 heavy (non-hydrogen) atoms. The van der Waals surface area contributed by atoms with Crippen LogP contribution in [0.2, 0.25) is 0 Å². The number of hydrazone groups is 1. The van der Waals surface area contributed by atoms with Crippen molar-refractivity contribution in [2.75, 3.05) is 7.11 Å². The number of hydrogen-bond acceptors (Lipinski definition) is 7. The second-order valence-corrected chi connectivity index (χ2v) is 9.66. The van der Waals surface area contributed by atoms with Gasteiger partial charge in [-0.1, -0.05) is 0 Å². The number of carboxylic acid groups (broad SMARTS) is 1. The first kappa shape index (κ1) is 22.8. The van der Waals surface area contributed by atoms with Crippen molar-refractivity contribution in [1.29, 1.82) is 0 Å². The standard InChI is InChI=1S/C24H22N4O6S/c1-34-21-12(7-8-13-19(21)28(11-5-6-11)10-15(20(13)29)24(32)33)18-9-14-16(3-2-4-17(14)35-18)26-27-23(31)22(25)30/h7-11H,2-6H2,1H3,(H2,25,30)(H,27,31)(H,32,33)/b26-16-. The average molecular weight is 495 g/mol. The Morgan fingerprint density at radius 1 is 1.23 bits per heavy atom. The molecule has 180 valence electrons. The molecule has 0 atom stereocenters. The summed E-state index contributed by atoms with van der Waals surface area (Å²) in [5.74, 6) is -2.84. The molecule has 0 saturated heterocycles. The van der Waals surface area contributed by atoms with Crippen LogP contribution in [-0.2, 0) is 16.0 Å². The number of rotatable bonds is 5. The number of benzene rings is 1. The van der Waals surface area contributed by atoms with Crippen LogP contribution in [0.25, 0.3) is 21.3 Å². The van der Waals surface area contributed by atoms with E-state index in [1.165, 1.54) is 13.3 Å². The Morgan fingerprint density at radius 3 is 2.66 bits per heavy atom. The minimum absolute atomic E-state index is 0.115. The molecule has 3 aromatic rings. The second-order valence-electron chi connectivity index (χ2n) is 8.52. The van der Waals surface area contributed by atoms with Crippen LogP contribution in [0.4, 0.5) is 0 Å². The lowest BCUT2D eigenvalue weighted by Crippen LogP contribution is -2.33. The van der Waals surface area contributed by atoms with E-state index in [4.69, 9.17) is 10.5 Å². The van der Waals surface area contributed by atoms with Gasteiger partial charge in [0.2, 0.25) is 5.43 Å². The maximum Gasteiger partial charge on any atom is 0.341 e. The Balaban J connectivity index is 1.66. The van der Waals surface area contributed by atoms with Crippen LogP contribution in [0.1, 0.15) is 52.5 Å². The second kappa shape index (κ2) is 8.66. The maximum atomic E-state index is 12.9. The Kier molecular flexibility index (Phi) is 5.64. The van der Waals surface area contributed by atoms with Crippen molar-refractivity contribution >= 4 is 45.7 Å². The number of hydrogen-bond donors (Lipinski definition) is 3. The summed E-state index contributed by atoms with van der Waals surface area (Å²) in [6.45, 7) is 0. The van der Waals surface area contributed by atoms with Gasteiger partial charge in [0.1, 0.15) is 5.56 Å². The van der Waals surface area contributed by atoms with Crippen LogP contribution >= 0.6 is 11.3 Å². The van der Waals surface area contributed by atoms with E-state index in [1.54, 1.807) is 23.5 Å². The van der Waals surface area contributed by atoms with Gasteiger partial charge in [0, 0.05) is 33.1 Å². The number of aryl methyl sites for hydroxylation is 1. The number of nitrogens with zero attached hydrogens (tertiary/aromatic N) is 2. The fourth-order valence-corrected chi connectivity index (χ4v) is 5.69. The van der Waals surface area contributed by atoms with Gasteiger partial charge in [-0.05, 0) is 50.3 Å². The van der Waals surface area contributed by atoms with E-state index in [9.17, 15) is 24.3 Å². The molecule has 4 N–H and O–H groups in total. The summed E-state index contributed by atoms with van der Waals surface area (Å²) in [7, 11) is 1.53. The third kappa shape index (κ3) is 3.97. The minimum Gasteiger partial charge on any atom is -0.494 e. The van der Waals surface area contributed by atoms with E-state index in [0.717, 1.165) is 46.6 Å². The van der Waals surface area contributed by atoms with Crippen molar-refractivity contribution in [2.24, 2.45) is 10.8 Å². The summed E-state index contributed by atoms with van der Waals surface area (Å²) >= 11 is 1.57. The molecule has 10 nitrogen and oxygen atoms in total. The highest BCUT2D eigenvalue weighted by Gasteiger charge is 2.30. The van der Waals surface area contributed by atoms with Crippen molar-refractivity contribution in [1.82, 2.24) is 9.99 Å². The van der Waals surface area contributed by atoms with Gasteiger partial charge in [-0.25, -0.2) is 10.2 Å². The summed E-state index contributed by atoms with van der Waals surface area (Å²) in [5, 5.41) is 14.0. The first-order valence-electron chi connectivity index (χ1n) is 11.1. The first-order valence-corrected chi connectivity index (χ1v) is 11.9. The molecule has 2 aromatic heterocycles. The van der Waals surface area contributed by atoms with Gasteiger partial charge in [-0.15, -0.1) is 11.3 Å². The predicted molar refractivity (Wildman–Crippen MR) is 130 cm³/mol.